The highest BCUT2D eigenvalue weighted by Crippen LogP contribution is 2.05. The Bertz CT molecular complexity index is 156. The predicted molar refractivity (Wildman–Crippen MR) is 64.1 cm³/mol. The molecule has 1 unspecified atom stereocenters. The fourth-order valence-corrected chi connectivity index (χ4v) is 1.79. The number of hydrogen-bond acceptors (Lipinski definition) is 3. The molecular formula is C12H24N2O. The molecule has 2 N–H and O–H groups in total. The summed E-state index contributed by atoms with van der Waals surface area (Å²) in [5, 5.41) is 6.93. The first kappa shape index (κ1) is 12.7. The van der Waals surface area contributed by atoms with Crippen LogP contribution in [0.4, 0.5) is 0 Å². The Morgan fingerprint density at radius 2 is 2.33 bits per heavy atom. The zero-order valence-electron chi connectivity index (χ0n) is 9.63. The van der Waals surface area contributed by atoms with Gasteiger partial charge in [0.2, 0.25) is 0 Å². The molecule has 0 aromatic carbocycles. The molecule has 1 aliphatic heterocycles. The minimum atomic E-state index is 0.673. The van der Waals surface area contributed by atoms with E-state index >= 15 is 0 Å². The third-order valence-electron chi connectivity index (χ3n) is 2.69. The lowest BCUT2D eigenvalue weighted by molar-refractivity contribution is 0.139. The summed E-state index contributed by atoms with van der Waals surface area (Å²) in [4.78, 5) is 0. The molecule has 0 bridgehead atoms. The van der Waals surface area contributed by atoms with E-state index in [9.17, 15) is 0 Å². The Morgan fingerprint density at radius 1 is 1.40 bits per heavy atom. The topological polar surface area (TPSA) is 33.3 Å². The summed E-state index contributed by atoms with van der Waals surface area (Å²) >= 11 is 0. The molecule has 0 radical (unpaired) electrons. The Hall–Kier alpha value is -0.380. The maximum absolute atomic E-state index is 5.41. The van der Waals surface area contributed by atoms with Crippen LogP contribution >= 0.6 is 0 Å². The monoisotopic (exact) mass is 212 g/mol. The lowest BCUT2D eigenvalue weighted by Crippen LogP contribution is -2.42. The molecule has 3 nitrogen and oxygen atoms in total. The highest BCUT2D eigenvalue weighted by atomic mass is 16.5. The highest BCUT2D eigenvalue weighted by Gasteiger charge is 2.10. The quantitative estimate of drug-likeness (QED) is 0.470. The molecule has 15 heavy (non-hydrogen) atoms. The summed E-state index contributed by atoms with van der Waals surface area (Å²) in [5.41, 5.74) is 0. The largest absolute Gasteiger partial charge is 0.380 e. The number of hydrogen-bond donors (Lipinski definition) is 2. The van der Waals surface area contributed by atoms with Gasteiger partial charge < -0.3 is 15.4 Å². The molecule has 1 heterocycles. The molecule has 0 aromatic rings. The van der Waals surface area contributed by atoms with Crippen molar-refractivity contribution >= 4 is 0 Å². The van der Waals surface area contributed by atoms with Crippen LogP contribution in [0.2, 0.25) is 0 Å². The SMILES string of the molecule is C=CCCOCCNCC1CCCCN1. The molecule has 1 rings (SSSR count). The van der Waals surface area contributed by atoms with Crippen LogP contribution in [-0.4, -0.2) is 38.9 Å². The van der Waals surface area contributed by atoms with E-state index in [1.165, 1.54) is 25.8 Å². The summed E-state index contributed by atoms with van der Waals surface area (Å²) in [6.07, 6.45) is 6.85. The zero-order chi connectivity index (χ0) is 10.8. The number of nitrogens with one attached hydrogen (secondary N) is 2. The van der Waals surface area contributed by atoms with Crippen LogP contribution in [0.25, 0.3) is 0 Å². The second-order valence-corrected chi connectivity index (χ2v) is 4.04. The summed E-state index contributed by atoms with van der Waals surface area (Å²) in [6.45, 7) is 8.47. The van der Waals surface area contributed by atoms with Gasteiger partial charge in [0.1, 0.15) is 0 Å². The van der Waals surface area contributed by atoms with E-state index in [-0.39, 0.29) is 0 Å². The molecule has 0 saturated carbocycles. The zero-order valence-corrected chi connectivity index (χ0v) is 9.63. The summed E-state index contributed by atoms with van der Waals surface area (Å²) in [6, 6.07) is 0.673. The van der Waals surface area contributed by atoms with Crippen molar-refractivity contribution in [3.63, 3.8) is 0 Å². The Morgan fingerprint density at radius 3 is 3.07 bits per heavy atom. The van der Waals surface area contributed by atoms with Crippen molar-refractivity contribution in [3.05, 3.63) is 12.7 Å². The Kier molecular flexibility index (Phi) is 7.52. The van der Waals surface area contributed by atoms with E-state index in [4.69, 9.17) is 4.74 Å². The molecule has 1 atom stereocenters. The van der Waals surface area contributed by atoms with E-state index in [1.54, 1.807) is 0 Å². The molecule has 0 aliphatic carbocycles. The molecule has 0 amide bonds. The molecule has 88 valence electrons. The van der Waals surface area contributed by atoms with Gasteiger partial charge in [-0.1, -0.05) is 12.5 Å². The first-order valence-electron chi connectivity index (χ1n) is 6.06. The predicted octanol–water partition coefficient (Wildman–Crippen LogP) is 1.31. The van der Waals surface area contributed by atoms with Crippen LogP contribution in [0.15, 0.2) is 12.7 Å². The third kappa shape index (κ3) is 6.66. The van der Waals surface area contributed by atoms with Crippen molar-refractivity contribution in [2.45, 2.75) is 31.7 Å². The van der Waals surface area contributed by atoms with Gasteiger partial charge in [0, 0.05) is 19.1 Å². The van der Waals surface area contributed by atoms with Crippen LogP contribution in [-0.2, 0) is 4.74 Å². The maximum Gasteiger partial charge on any atom is 0.0591 e. The Balaban J connectivity index is 1.81. The van der Waals surface area contributed by atoms with Crippen molar-refractivity contribution in [1.29, 1.82) is 0 Å². The lowest BCUT2D eigenvalue weighted by atomic mass is 10.1. The molecule has 1 aliphatic rings. The summed E-state index contributed by atoms with van der Waals surface area (Å²) in [7, 11) is 0. The van der Waals surface area contributed by atoms with Gasteiger partial charge in [-0.05, 0) is 25.8 Å². The molecule has 0 spiro atoms. The van der Waals surface area contributed by atoms with Gasteiger partial charge in [-0.15, -0.1) is 6.58 Å². The average Bonchev–Trinajstić information content (AvgIpc) is 2.29. The number of rotatable bonds is 8. The molecule has 0 aromatic heterocycles. The van der Waals surface area contributed by atoms with Crippen LogP contribution in [0.1, 0.15) is 25.7 Å². The standard InChI is InChI=1S/C12H24N2O/c1-2-3-9-15-10-8-13-11-12-6-4-5-7-14-12/h2,12-14H,1,3-11H2. The van der Waals surface area contributed by atoms with E-state index in [2.05, 4.69) is 17.2 Å². The number of piperidine rings is 1. The number of ether oxygens (including phenoxy) is 1. The van der Waals surface area contributed by atoms with Gasteiger partial charge in [0.15, 0.2) is 0 Å². The molecule has 1 saturated heterocycles. The minimum Gasteiger partial charge on any atom is -0.380 e. The van der Waals surface area contributed by atoms with Crippen molar-refractivity contribution in [3.8, 4) is 0 Å². The smallest absolute Gasteiger partial charge is 0.0591 e. The molecule has 3 heteroatoms. The van der Waals surface area contributed by atoms with Gasteiger partial charge in [0.25, 0.3) is 0 Å². The fourth-order valence-electron chi connectivity index (χ4n) is 1.79. The first-order chi connectivity index (χ1) is 7.43. The average molecular weight is 212 g/mol. The van der Waals surface area contributed by atoms with Crippen LogP contribution in [0, 0.1) is 0 Å². The summed E-state index contributed by atoms with van der Waals surface area (Å²) < 4.78 is 5.41. The van der Waals surface area contributed by atoms with Gasteiger partial charge in [-0.2, -0.15) is 0 Å². The van der Waals surface area contributed by atoms with Gasteiger partial charge in [-0.3, -0.25) is 0 Å². The maximum atomic E-state index is 5.41. The lowest BCUT2D eigenvalue weighted by Gasteiger charge is -2.23. The Labute approximate surface area is 93.3 Å². The second kappa shape index (κ2) is 8.89. The molecular weight excluding hydrogens is 188 g/mol. The molecule has 1 fully saturated rings. The van der Waals surface area contributed by atoms with Crippen LogP contribution in [0.3, 0.4) is 0 Å². The normalized spacial score (nSPS) is 21.5. The van der Waals surface area contributed by atoms with Gasteiger partial charge >= 0.3 is 0 Å². The van der Waals surface area contributed by atoms with Crippen molar-refractivity contribution in [2.75, 3.05) is 32.8 Å². The van der Waals surface area contributed by atoms with E-state index < -0.39 is 0 Å². The van der Waals surface area contributed by atoms with Gasteiger partial charge in [-0.25, -0.2) is 0 Å². The highest BCUT2D eigenvalue weighted by molar-refractivity contribution is 4.73. The van der Waals surface area contributed by atoms with Crippen molar-refractivity contribution in [2.24, 2.45) is 0 Å². The minimum absolute atomic E-state index is 0.673. The summed E-state index contributed by atoms with van der Waals surface area (Å²) in [5.74, 6) is 0. The van der Waals surface area contributed by atoms with E-state index in [1.807, 2.05) is 6.08 Å². The van der Waals surface area contributed by atoms with Crippen molar-refractivity contribution in [1.82, 2.24) is 10.6 Å². The first-order valence-corrected chi connectivity index (χ1v) is 6.06. The van der Waals surface area contributed by atoms with Crippen LogP contribution in [0.5, 0.6) is 0 Å². The van der Waals surface area contributed by atoms with E-state index in [0.29, 0.717) is 6.04 Å². The van der Waals surface area contributed by atoms with Crippen molar-refractivity contribution < 1.29 is 4.74 Å². The van der Waals surface area contributed by atoms with Gasteiger partial charge in [0.05, 0.1) is 13.2 Å². The third-order valence-corrected chi connectivity index (χ3v) is 2.69. The fraction of sp³-hybridized carbons (Fsp3) is 0.833. The van der Waals surface area contributed by atoms with Crippen LogP contribution < -0.4 is 10.6 Å². The second-order valence-electron chi connectivity index (χ2n) is 4.04. The van der Waals surface area contributed by atoms with E-state index in [0.717, 1.165) is 32.7 Å².